The van der Waals surface area contributed by atoms with Crippen LogP contribution in [0.1, 0.15) is 30.6 Å². The van der Waals surface area contributed by atoms with E-state index in [1.54, 1.807) is 0 Å². The number of aryl methyl sites for hydroxylation is 1. The van der Waals surface area contributed by atoms with Gasteiger partial charge in [0.2, 0.25) is 0 Å². The molecular weight excluding hydrogens is 290 g/mol. The highest BCUT2D eigenvalue weighted by molar-refractivity contribution is 5.77. The predicted molar refractivity (Wildman–Crippen MR) is 90.3 cm³/mol. The molecule has 0 aliphatic rings. The van der Waals surface area contributed by atoms with E-state index in [2.05, 4.69) is 5.32 Å². The Bertz CT molecular complexity index is 628. The molecule has 2 aromatic rings. The van der Waals surface area contributed by atoms with E-state index >= 15 is 0 Å². The number of amides is 1. The minimum Gasteiger partial charge on any atom is -0.484 e. The standard InChI is InChI=1S/C19H23NO3/c1-14-7-6-10-17(11-14)23-13-19(22)20-15(2)12-18(21)16-8-4-3-5-9-16/h3-11,15,18,21H,12-13H2,1-2H3,(H,20,22). The molecule has 0 radical (unpaired) electrons. The Hall–Kier alpha value is -2.33. The molecule has 0 saturated heterocycles. The quantitative estimate of drug-likeness (QED) is 0.826. The van der Waals surface area contributed by atoms with Crippen molar-refractivity contribution in [3.63, 3.8) is 0 Å². The maximum Gasteiger partial charge on any atom is 0.258 e. The summed E-state index contributed by atoms with van der Waals surface area (Å²) in [6.07, 6.45) is -0.135. The third-order valence-electron chi connectivity index (χ3n) is 3.53. The Morgan fingerprint density at radius 3 is 2.61 bits per heavy atom. The molecular formula is C19H23NO3. The molecule has 2 aromatic carbocycles. The molecule has 2 atom stereocenters. The van der Waals surface area contributed by atoms with Crippen molar-refractivity contribution in [3.8, 4) is 5.75 Å². The highest BCUT2D eigenvalue weighted by atomic mass is 16.5. The maximum absolute atomic E-state index is 11.9. The summed E-state index contributed by atoms with van der Waals surface area (Å²) >= 11 is 0. The molecule has 0 aliphatic heterocycles. The van der Waals surface area contributed by atoms with Gasteiger partial charge in [-0.3, -0.25) is 4.79 Å². The summed E-state index contributed by atoms with van der Waals surface area (Å²) in [5, 5.41) is 13.0. The van der Waals surface area contributed by atoms with Crippen LogP contribution in [0.4, 0.5) is 0 Å². The number of hydrogen-bond acceptors (Lipinski definition) is 3. The van der Waals surface area contributed by atoms with Gasteiger partial charge in [-0.2, -0.15) is 0 Å². The number of aliphatic hydroxyl groups is 1. The van der Waals surface area contributed by atoms with E-state index < -0.39 is 6.10 Å². The van der Waals surface area contributed by atoms with Crippen molar-refractivity contribution in [2.45, 2.75) is 32.4 Å². The molecule has 0 spiro atoms. The van der Waals surface area contributed by atoms with Crippen molar-refractivity contribution in [1.82, 2.24) is 5.32 Å². The number of carbonyl (C=O) groups excluding carboxylic acids is 1. The lowest BCUT2D eigenvalue weighted by Gasteiger charge is -2.18. The van der Waals surface area contributed by atoms with Gasteiger partial charge in [-0.1, -0.05) is 42.5 Å². The third-order valence-corrected chi connectivity index (χ3v) is 3.53. The Kier molecular flexibility index (Phi) is 6.18. The minimum absolute atomic E-state index is 0.0325. The molecule has 0 aliphatic carbocycles. The SMILES string of the molecule is Cc1cccc(OCC(=O)NC(C)CC(O)c2ccccc2)c1. The van der Waals surface area contributed by atoms with Crippen LogP contribution in [0.15, 0.2) is 54.6 Å². The smallest absolute Gasteiger partial charge is 0.258 e. The largest absolute Gasteiger partial charge is 0.484 e. The van der Waals surface area contributed by atoms with Crippen molar-refractivity contribution in [3.05, 3.63) is 65.7 Å². The number of hydrogen-bond donors (Lipinski definition) is 2. The summed E-state index contributed by atoms with van der Waals surface area (Å²) in [7, 11) is 0. The zero-order valence-corrected chi connectivity index (χ0v) is 13.5. The van der Waals surface area contributed by atoms with E-state index in [9.17, 15) is 9.90 Å². The van der Waals surface area contributed by atoms with Crippen molar-refractivity contribution in [2.24, 2.45) is 0 Å². The second kappa shape index (κ2) is 8.34. The Balaban J connectivity index is 1.76. The number of nitrogens with one attached hydrogen (secondary N) is 1. The fourth-order valence-corrected chi connectivity index (χ4v) is 2.38. The van der Waals surface area contributed by atoms with Crippen molar-refractivity contribution in [1.29, 1.82) is 0 Å². The van der Waals surface area contributed by atoms with Crippen molar-refractivity contribution in [2.75, 3.05) is 6.61 Å². The van der Waals surface area contributed by atoms with Gasteiger partial charge in [0, 0.05) is 6.04 Å². The molecule has 1 amide bonds. The Morgan fingerprint density at radius 2 is 1.91 bits per heavy atom. The van der Waals surface area contributed by atoms with Gasteiger partial charge in [-0.25, -0.2) is 0 Å². The average molecular weight is 313 g/mol. The van der Waals surface area contributed by atoms with Gasteiger partial charge in [-0.15, -0.1) is 0 Å². The van der Waals surface area contributed by atoms with E-state index in [0.717, 1.165) is 11.1 Å². The topological polar surface area (TPSA) is 58.6 Å². The maximum atomic E-state index is 11.9. The highest BCUT2D eigenvalue weighted by Crippen LogP contribution is 2.17. The van der Waals surface area contributed by atoms with E-state index in [0.29, 0.717) is 12.2 Å². The van der Waals surface area contributed by atoms with Crippen molar-refractivity contribution < 1.29 is 14.6 Å². The molecule has 2 unspecified atom stereocenters. The van der Waals surface area contributed by atoms with Crippen LogP contribution in [-0.4, -0.2) is 23.7 Å². The van der Waals surface area contributed by atoms with Crippen LogP contribution in [0.3, 0.4) is 0 Å². The first-order valence-corrected chi connectivity index (χ1v) is 7.76. The predicted octanol–water partition coefficient (Wildman–Crippen LogP) is 3.00. The van der Waals surface area contributed by atoms with E-state index in [1.807, 2.05) is 68.4 Å². The molecule has 0 bridgehead atoms. The number of aliphatic hydroxyl groups excluding tert-OH is 1. The fraction of sp³-hybridized carbons (Fsp3) is 0.316. The third kappa shape index (κ3) is 5.75. The lowest BCUT2D eigenvalue weighted by molar-refractivity contribution is -0.123. The van der Waals surface area contributed by atoms with E-state index in [1.165, 1.54) is 0 Å². The lowest BCUT2D eigenvalue weighted by atomic mass is 10.0. The number of ether oxygens (including phenoxy) is 1. The molecule has 4 nitrogen and oxygen atoms in total. The first kappa shape index (κ1) is 17.0. The van der Waals surface area contributed by atoms with E-state index in [-0.39, 0.29) is 18.6 Å². The summed E-state index contributed by atoms with van der Waals surface area (Å²) in [6, 6.07) is 16.9. The molecule has 2 N–H and O–H groups in total. The summed E-state index contributed by atoms with van der Waals surface area (Å²) < 4.78 is 5.46. The Labute approximate surface area is 137 Å². The van der Waals surface area contributed by atoms with Gasteiger partial charge in [-0.05, 0) is 43.5 Å². The molecule has 122 valence electrons. The van der Waals surface area contributed by atoms with Crippen LogP contribution in [0.5, 0.6) is 5.75 Å². The van der Waals surface area contributed by atoms with Crippen LogP contribution < -0.4 is 10.1 Å². The van der Waals surface area contributed by atoms with Crippen LogP contribution in [0.2, 0.25) is 0 Å². The molecule has 0 fully saturated rings. The highest BCUT2D eigenvalue weighted by Gasteiger charge is 2.14. The minimum atomic E-state index is -0.593. The van der Waals surface area contributed by atoms with Crippen LogP contribution in [-0.2, 0) is 4.79 Å². The lowest BCUT2D eigenvalue weighted by Crippen LogP contribution is -2.37. The number of rotatable bonds is 7. The first-order chi connectivity index (χ1) is 11.0. The summed E-state index contributed by atoms with van der Waals surface area (Å²) in [5.41, 5.74) is 1.94. The summed E-state index contributed by atoms with van der Waals surface area (Å²) in [6.45, 7) is 3.81. The van der Waals surface area contributed by atoms with Gasteiger partial charge in [0.1, 0.15) is 5.75 Å². The molecule has 23 heavy (non-hydrogen) atoms. The molecule has 0 aromatic heterocycles. The molecule has 0 saturated carbocycles. The Morgan fingerprint density at radius 1 is 1.17 bits per heavy atom. The second-order valence-corrected chi connectivity index (χ2v) is 5.74. The first-order valence-electron chi connectivity index (χ1n) is 7.76. The average Bonchev–Trinajstić information content (AvgIpc) is 2.53. The van der Waals surface area contributed by atoms with Gasteiger partial charge in [0.15, 0.2) is 6.61 Å². The van der Waals surface area contributed by atoms with Gasteiger partial charge in [0.05, 0.1) is 6.10 Å². The fourth-order valence-electron chi connectivity index (χ4n) is 2.38. The summed E-state index contributed by atoms with van der Waals surface area (Å²) in [4.78, 5) is 11.9. The molecule has 2 rings (SSSR count). The zero-order chi connectivity index (χ0) is 16.7. The van der Waals surface area contributed by atoms with Crippen molar-refractivity contribution >= 4 is 5.91 Å². The summed E-state index contributed by atoms with van der Waals surface area (Å²) in [5.74, 6) is 0.483. The normalized spacial score (nSPS) is 13.2. The van der Waals surface area contributed by atoms with Crippen LogP contribution in [0, 0.1) is 6.92 Å². The van der Waals surface area contributed by atoms with Gasteiger partial charge in [0.25, 0.3) is 5.91 Å². The van der Waals surface area contributed by atoms with Gasteiger partial charge < -0.3 is 15.2 Å². The zero-order valence-electron chi connectivity index (χ0n) is 13.5. The van der Waals surface area contributed by atoms with Crippen LogP contribution >= 0.6 is 0 Å². The molecule has 0 heterocycles. The number of carbonyl (C=O) groups is 1. The second-order valence-electron chi connectivity index (χ2n) is 5.74. The molecule has 4 heteroatoms. The van der Waals surface area contributed by atoms with Crippen LogP contribution in [0.25, 0.3) is 0 Å². The van der Waals surface area contributed by atoms with Gasteiger partial charge >= 0.3 is 0 Å². The van der Waals surface area contributed by atoms with E-state index in [4.69, 9.17) is 4.74 Å². The monoisotopic (exact) mass is 313 g/mol. The number of benzene rings is 2.